The van der Waals surface area contributed by atoms with Gasteiger partial charge < -0.3 is 5.11 Å². The van der Waals surface area contributed by atoms with Crippen LogP contribution in [0.25, 0.3) is 0 Å². The predicted molar refractivity (Wildman–Crippen MR) is 128 cm³/mol. The molecule has 0 aliphatic heterocycles. The Morgan fingerprint density at radius 1 is 0.912 bits per heavy atom. The van der Waals surface area contributed by atoms with Crippen molar-refractivity contribution in [3.63, 3.8) is 0 Å². The van der Waals surface area contributed by atoms with Crippen molar-refractivity contribution >= 4 is 21.7 Å². The van der Waals surface area contributed by atoms with Crippen molar-refractivity contribution in [2.24, 2.45) is 5.92 Å². The van der Waals surface area contributed by atoms with Gasteiger partial charge in [-0.1, -0.05) is 86.6 Å². The van der Waals surface area contributed by atoms with Crippen molar-refractivity contribution < 1.29 is 23.2 Å². The molecule has 3 aromatic carbocycles. The molecular formula is C25H26N2O6S. The molecule has 8 nitrogen and oxygen atoms in total. The Bertz CT molecular complexity index is 1210. The average molecular weight is 483 g/mol. The molecule has 0 heterocycles. The summed E-state index contributed by atoms with van der Waals surface area (Å²) in [5, 5.41) is 21.6. The lowest BCUT2D eigenvalue weighted by Crippen LogP contribution is -2.49. The number of rotatable bonds is 10. The molecule has 0 aromatic heterocycles. The number of benzene rings is 3. The summed E-state index contributed by atoms with van der Waals surface area (Å²) in [6.45, 7) is 3.01. The molecule has 3 aromatic rings. The van der Waals surface area contributed by atoms with Gasteiger partial charge in [-0.15, -0.1) is 0 Å². The number of aliphatic carboxylic acids is 1. The summed E-state index contributed by atoms with van der Waals surface area (Å²) in [5.74, 6) is -2.42. The molecular weight excluding hydrogens is 456 g/mol. The molecule has 0 aliphatic carbocycles. The van der Waals surface area contributed by atoms with Crippen LogP contribution in [-0.4, -0.2) is 41.3 Å². The average Bonchev–Trinajstić information content (AvgIpc) is 2.82. The van der Waals surface area contributed by atoms with Crippen LogP contribution >= 0.6 is 0 Å². The minimum Gasteiger partial charge on any atom is -0.480 e. The number of carboxylic acid groups (broad SMARTS) is 1. The van der Waals surface area contributed by atoms with Gasteiger partial charge in [-0.25, -0.2) is 8.42 Å². The Kier molecular flexibility index (Phi) is 7.80. The molecule has 1 N–H and O–H groups in total. The summed E-state index contributed by atoms with van der Waals surface area (Å²) in [7, 11) is -4.57. The fourth-order valence-corrected chi connectivity index (χ4v) is 5.90. The fraction of sp³-hybridized carbons (Fsp3) is 0.240. The predicted octanol–water partition coefficient (Wildman–Crippen LogP) is 4.53. The first-order valence-corrected chi connectivity index (χ1v) is 12.2. The lowest BCUT2D eigenvalue weighted by molar-refractivity contribution is -0.387. The van der Waals surface area contributed by atoms with Crippen LogP contribution in [0.3, 0.4) is 0 Å². The maximum Gasteiger partial charge on any atom is 0.322 e. The quantitative estimate of drug-likeness (QED) is 0.335. The third kappa shape index (κ3) is 5.32. The highest BCUT2D eigenvalue weighted by Crippen LogP contribution is 2.33. The molecule has 0 spiro atoms. The molecule has 0 amide bonds. The highest BCUT2D eigenvalue weighted by Gasteiger charge is 2.42. The van der Waals surface area contributed by atoms with Crippen LogP contribution in [0.2, 0.25) is 0 Å². The van der Waals surface area contributed by atoms with E-state index in [4.69, 9.17) is 0 Å². The summed E-state index contributed by atoms with van der Waals surface area (Å²) in [6.07, 6.45) is 0. The van der Waals surface area contributed by atoms with Crippen molar-refractivity contribution in [3.8, 4) is 0 Å². The largest absolute Gasteiger partial charge is 0.480 e. The third-order valence-corrected chi connectivity index (χ3v) is 7.50. The molecule has 9 heteroatoms. The monoisotopic (exact) mass is 482 g/mol. The van der Waals surface area contributed by atoms with Crippen LogP contribution in [0.15, 0.2) is 89.8 Å². The second-order valence-corrected chi connectivity index (χ2v) is 10.1. The molecule has 178 valence electrons. The first-order valence-electron chi connectivity index (χ1n) is 10.7. The molecule has 0 saturated heterocycles. The van der Waals surface area contributed by atoms with E-state index in [9.17, 15) is 28.4 Å². The molecule has 3 rings (SSSR count). The molecule has 0 fully saturated rings. The number of carboxylic acids is 1. The zero-order valence-electron chi connectivity index (χ0n) is 18.8. The van der Waals surface area contributed by atoms with Gasteiger partial charge in [0.1, 0.15) is 6.04 Å². The number of nitrogens with zero attached hydrogens (tertiary/aromatic N) is 2. The van der Waals surface area contributed by atoms with E-state index in [0.29, 0.717) is 0 Å². The highest BCUT2D eigenvalue weighted by atomic mass is 32.2. The van der Waals surface area contributed by atoms with Crippen molar-refractivity contribution in [1.82, 2.24) is 4.31 Å². The van der Waals surface area contributed by atoms with Gasteiger partial charge in [0, 0.05) is 18.5 Å². The van der Waals surface area contributed by atoms with Gasteiger partial charge in [-0.05, 0) is 23.1 Å². The molecule has 0 bridgehead atoms. The highest BCUT2D eigenvalue weighted by molar-refractivity contribution is 7.89. The Morgan fingerprint density at radius 3 is 1.82 bits per heavy atom. The molecule has 0 radical (unpaired) electrons. The Morgan fingerprint density at radius 2 is 1.38 bits per heavy atom. The zero-order valence-corrected chi connectivity index (χ0v) is 19.6. The Labute approximate surface area is 198 Å². The van der Waals surface area contributed by atoms with Crippen LogP contribution in [0.4, 0.5) is 5.69 Å². The lowest BCUT2D eigenvalue weighted by atomic mass is 9.90. The standard InChI is InChI=1S/C25H26N2O6S/c1-18(2)24(25(28)29)26(34(32,33)23-16-10-9-15-22(23)27(30)31)17-21(19-11-5-3-6-12-19)20-13-7-4-8-14-20/h3-16,18,21,24H,17H2,1-2H3,(H,28,29)/t24-/m0/s1. The number of carbonyl (C=O) groups is 1. The first kappa shape index (κ1) is 25.1. The normalized spacial score (nSPS) is 12.7. The topological polar surface area (TPSA) is 118 Å². The Balaban J connectivity index is 2.22. The van der Waals surface area contributed by atoms with Crippen LogP contribution < -0.4 is 0 Å². The summed E-state index contributed by atoms with van der Waals surface area (Å²) in [5.41, 5.74) is 0.991. The minimum atomic E-state index is -4.57. The van der Waals surface area contributed by atoms with Gasteiger partial charge in [0.25, 0.3) is 15.7 Å². The van der Waals surface area contributed by atoms with E-state index < -0.39 is 49.4 Å². The second kappa shape index (κ2) is 10.6. The van der Waals surface area contributed by atoms with Crippen LogP contribution in [0, 0.1) is 16.0 Å². The number of nitro benzene ring substituents is 1. The molecule has 0 aliphatic rings. The van der Waals surface area contributed by atoms with Crippen LogP contribution in [0.1, 0.15) is 30.9 Å². The molecule has 1 atom stereocenters. The van der Waals surface area contributed by atoms with Gasteiger partial charge in [-0.2, -0.15) is 4.31 Å². The SMILES string of the molecule is CC(C)[C@@H](C(=O)O)N(CC(c1ccccc1)c1ccccc1)S(=O)(=O)c1ccccc1[N+](=O)[O-]. The van der Waals surface area contributed by atoms with Gasteiger partial charge in [-0.3, -0.25) is 14.9 Å². The van der Waals surface area contributed by atoms with Crippen molar-refractivity contribution in [1.29, 1.82) is 0 Å². The fourth-order valence-electron chi connectivity index (χ4n) is 4.01. The molecule has 0 saturated carbocycles. The van der Waals surface area contributed by atoms with Crippen molar-refractivity contribution in [2.45, 2.75) is 30.7 Å². The number of para-hydroxylation sites is 1. The second-order valence-electron chi connectivity index (χ2n) is 8.20. The van der Waals surface area contributed by atoms with Crippen molar-refractivity contribution in [3.05, 3.63) is 106 Å². The first-order chi connectivity index (χ1) is 16.1. The number of hydrogen-bond acceptors (Lipinski definition) is 5. The summed E-state index contributed by atoms with van der Waals surface area (Å²) in [6, 6.07) is 21.9. The minimum absolute atomic E-state index is 0.211. The summed E-state index contributed by atoms with van der Waals surface area (Å²) >= 11 is 0. The Hall–Kier alpha value is -3.56. The maximum absolute atomic E-state index is 13.9. The van der Waals surface area contributed by atoms with E-state index >= 15 is 0 Å². The van der Waals surface area contributed by atoms with Gasteiger partial charge >= 0.3 is 5.97 Å². The third-order valence-electron chi connectivity index (χ3n) is 5.61. The van der Waals surface area contributed by atoms with Crippen LogP contribution in [0.5, 0.6) is 0 Å². The summed E-state index contributed by atoms with van der Waals surface area (Å²) in [4.78, 5) is 22.6. The molecule has 34 heavy (non-hydrogen) atoms. The van der Waals surface area contributed by atoms with Crippen molar-refractivity contribution in [2.75, 3.05) is 6.54 Å². The van der Waals surface area contributed by atoms with Gasteiger partial charge in [0.05, 0.1) is 4.92 Å². The van der Waals surface area contributed by atoms with E-state index in [1.165, 1.54) is 12.1 Å². The number of sulfonamides is 1. The van der Waals surface area contributed by atoms with Crippen LogP contribution in [-0.2, 0) is 14.8 Å². The summed E-state index contributed by atoms with van der Waals surface area (Å²) < 4.78 is 28.6. The maximum atomic E-state index is 13.9. The lowest BCUT2D eigenvalue weighted by Gasteiger charge is -2.33. The number of nitro groups is 1. The number of hydrogen-bond donors (Lipinski definition) is 1. The van der Waals surface area contributed by atoms with E-state index in [1.54, 1.807) is 13.8 Å². The van der Waals surface area contributed by atoms with E-state index in [2.05, 4.69) is 0 Å². The van der Waals surface area contributed by atoms with E-state index in [0.717, 1.165) is 27.6 Å². The van der Waals surface area contributed by atoms with E-state index in [1.807, 2.05) is 60.7 Å². The molecule has 0 unspecified atom stereocenters. The van der Waals surface area contributed by atoms with E-state index in [-0.39, 0.29) is 6.54 Å². The zero-order chi connectivity index (χ0) is 24.9. The smallest absolute Gasteiger partial charge is 0.322 e. The van der Waals surface area contributed by atoms with Gasteiger partial charge in [0.15, 0.2) is 4.90 Å². The van der Waals surface area contributed by atoms with Gasteiger partial charge in [0.2, 0.25) is 0 Å².